The molecular formula is C28H31N3O3. The summed E-state index contributed by atoms with van der Waals surface area (Å²) in [6.45, 7) is 2.39. The molecule has 0 bridgehead atoms. The summed E-state index contributed by atoms with van der Waals surface area (Å²) >= 11 is 0. The molecule has 0 unspecified atom stereocenters. The van der Waals surface area contributed by atoms with E-state index < -0.39 is 11.5 Å². The lowest BCUT2D eigenvalue weighted by molar-refractivity contribution is -0.147. The molecule has 0 spiro atoms. The summed E-state index contributed by atoms with van der Waals surface area (Å²) in [5, 5.41) is 9.17. The van der Waals surface area contributed by atoms with Crippen LogP contribution in [-0.4, -0.2) is 36.0 Å². The Morgan fingerprint density at radius 1 is 1.15 bits per heavy atom. The minimum absolute atomic E-state index is 0.109. The van der Waals surface area contributed by atoms with Crippen LogP contribution >= 0.6 is 0 Å². The Labute approximate surface area is 201 Å². The van der Waals surface area contributed by atoms with E-state index in [0.29, 0.717) is 24.0 Å². The molecule has 0 aromatic heterocycles. The van der Waals surface area contributed by atoms with Crippen molar-refractivity contribution in [2.75, 3.05) is 6.61 Å². The molecule has 176 valence electrons. The fourth-order valence-electron chi connectivity index (χ4n) is 4.37. The monoisotopic (exact) mass is 457 g/mol. The zero-order chi connectivity index (χ0) is 23.8. The summed E-state index contributed by atoms with van der Waals surface area (Å²) in [5.41, 5.74) is 0.840. The quantitative estimate of drug-likeness (QED) is 0.393. The lowest BCUT2D eigenvalue weighted by Gasteiger charge is -2.25. The van der Waals surface area contributed by atoms with Gasteiger partial charge in [-0.3, -0.25) is 0 Å². The molecule has 1 aliphatic heterocycles. The Balaban J connectivity index is 1.77. The van der Waals surface area contributed by atoms with Gasteiger partial charge >= 0.3 is 5.97 Å². The minimum atomic E-state index is -1.38. The lowest BCUT2D eigenvalue weighted by atomic mass is 9.90. The Morgan fingerprint density at radius 3 is 2.56 bits per heavy atom. The molecule has 4 rings (SSSR count). The minimum Gasteiger partial charge on any atom is -0.463 e. The van der Waals surface area contributed by atoms with E-state index in [9.17, 15) is 10.1 Å². The number of carbonyl (C=O) groups is 1. The van der Waals surface area contributed by atoms with Crippen LogP contribution in [0.15, 0.2) is 64.6 Å². The van der Waals surface area contributed by atoms with E-state index in [-0.39, 0.29) is 12.5 Å². The highest BCUT2D eigenvalue weighted by atomic mass is 16.5. The number of aliphatic imine (C=N–C) groups is 2. The highest BCUT2D eigenvalue weighted by molar-refractivity contribution is 6.19. The summed E-state index contributed by atoms with van der Waals surface area (Å²) in [6.07, 6.45) is 7.37. The summed E-state index contributed by atoms with van der Waals surface area (Å²) in [4.78, 5) is 23.5. The van der Waals surface area contributed by atoms with Crippen molar-refractivity contribution in [3.8, 4) is 6.07 Å². The molecule has 0 amide bonds. The van der Waals surface area contributed by atoms with Gasteiger partial charge in [-0.25, -0.2) is 14.8 Å². The number of hydrogen-bond donors (Lipinski definition) is 0. The molecule has 2 aliphatic rings. The molecule has 2 aromatic rings. The number of unbranched alkanes of at least 4 members (excludes halogenated alkanes) is 1. The van der Waals surface area contributed by atoms with Crippen LogP contribution in [0.5, 0.6) is 0 Å². The van der Waals surface area contributed by atoms with Gasteiger partial charge in [0.25, 0.3) is 0 Å². The smallest absolute Gasteiger partial charge is 0.344 e. The molecule has 6 nitrogen and oxygen atoms in total. The Bertz CT molecular complexity index is 1080. The van der Waals surface area contributed by atoms with Gasteiger partial charge in [0.05, 0.1) is 24.3 Å². The largest absolute Gasteiger partial charge is 0.463 e. The maximum atomic E-state index is 13.7. The van der Waals surface area contributed by atoms with Crippen molar-refractivity contribution in [2.24, 2.45) is 9.98 Å². The maximum absolute atomic E-state index is 13.7. The van der Waals surface area contributed by atoms with Crippen LogP contribution in [0, 0.1) is 11.3 Å². The molecule has 1 heterocycles. The predicted octanol–water partition coefficient (Wildman–Crippen LogP) is 5.39. The average molecular weight is 458 g/mol. The number of rotatable bonds is 8. The van der Waals surface area contributed by atoms with Gasteiger partial charge in [0.2, 0.25) is 17.3 Å². The number of benzene rings is 2. The Kier molecular flexibility index (Phi) is 7.74. The van der Waals surface area contributed by atoms with E-state index in [0.717, 1.165) is 49.7 Å². The van der Waals surface area contributed by atoms with E-state index in [2.05, 4.69) is 13.0 Å². The van der Waals surface area contributed by atoms with Gasteiger partial charge in [-0.15, -0.1) is 0 Å². The van der Waals surface area contributed by atoms with Gasteiger partial charge in [-0.05, 0) is 49.1 Å². The van der Waals surface area contributed by atoms with Gasteiger partial charge < -0.3 is 9.47 Å². The third kappa shape index (κ3) is 5.36. The Morgan fingerprint density at radius 2 is 1.88 bits per heavy atom. The zero-order valence-electron chi connectivity index (χ0n) is 19.7. The number of hydrogen-bond acceptors (Lipinski definition) is 6. The molecular weight excluding hydrogens is 426 g/mol. The van der Waals surface area contributed by atoms with E-state index in [1.807, 2.05) is 42.5 Å². The van der Waals surface area contributed by atoms with Crippen LogP contribution in [0.1, 0.15) is 68.6 Å². The first-order chi connectivity index (χ1) is 16.6. The Hall–Kier alpha value is -3.46. The van der Waals surface area contributed by atoms with Crippen molar-refractivity contribution in [1.82, 2.24) is 0 Å². The first-order valence-corrected chi connectivity index (χ1v) is 12.2. The molecule has 0 N–H and O–H groups in total. The average Bonchev–Trinajstić information content (AvgIpc) is 3.24. The van der Waals surface area contributed by atoms with Gasteiger partial charge in [0.15, 0.2) is 0 Å². The van der Waals surface area contributed by atoms with Crippen molar-refractivity contribution in [3.63, 3.8) is 0 Å². The number of nitrogens with zero attached hydrogens (tertiary/aromatic N) is 3. The lowest BCUT2D eigenvalue weighted by Crippen LogP contribution is -2.47. The third-order valence-electron chi connectivity index (χ3n) is 6.35. The summed E-state index contributed by atoms with van der Waals surface area (Å²) in [7, 11) is 0. The summed E-state index contributed by atoms with van der Waals surface area (Å²) < 4.78 is 12.0. The van der Waals surface area contributed by atoms with Crippen LogP contribution < -0.4 is 0 Å². The van der Waals surface area contributed by atoms with E-state index >= 15 is 0 Å². The molecule has 1 atom stereocenters. The topological polar surface area (TPSA) is 84.0 Å². The van der Waals surface area contributed by atoms with Gasteiger partial charge in [0.1, 0.15) is 0 Å². The summed E-state index contributed by atoms with van der Waals surface area (Å²) in [6, 6.07) is 19.0. The molecule has 0 saturated heterocycles. The standard InChI is InChI=1S/C28H31N3O3/c1-2-3-18-33-27(32)28(19-21-14-16-22(20-29)17-15-21)26(30-24-12-8-5-9-13-24)34-25(31-28)23-10-6-4-7-11-23/h4,6-7,10-11,14-17,24H,2-3,5,8-9,12-13,18-19H2,1H3/t28-/m0/s1. The van der Waals surface area contributed by atoms with Crippen molar-refractivity contribution in [1.29, 1.82) is 5.26 Å². The van der Waals surface area contributed by atoms with E-state index in [4.69, 9.17) is 19.5 Å². The van der Waals surface area contributed by atoms with Crippen molar-refractivity contribution in [3.05, 3.63) is 71.3 Å². The van der Waals surface area contributed by atoms with E-state index in [1.165, 1.54) is 6.42 Å². The van der Waals surface area contributed by atoms with Crippen LogP contribution in [-0.2, 0) is 20.7 Å². The number of carbonyl (C=O) groups excluding carboxylic acids is 1. The van der Waals surface area contributed by atoms with Gasteiger partial charge in [-0.1, -0.05) is 62.9 Å². The van der Waals surface area contributed by atoms with Crippen molar-refractivity contribution < 1.29 is 14.3 Å². The van der Waals surface area contributed by atoms with E-state index in [1.54, 1.807) is 12.1 Å². The maximum Gasteiger partial charge on any atom is 0.344 e. The molecule has 6 heteroatoms. The van der Waals surface area contributed by atoms with Crippen molar-refractivity contribution in [2.45, 2.75) is 69.9 Å². The number of esters is 1. The fraction of sp³-hybridized carbons (Fsp3) is 0.429. The molecule has 34 heavy (non-hydrogen) atoms. The van der Waals surface area contributed by atoms with Crippen LogP contribution in [0.25, 0.3) is 0 Å². The van der Waals surface area contributed by atoms with Crippen LogP contribution in [0.3, 0.4) is 0 Å². The van der Waals surface area contributed by atoms with Crippen molar-refractivity contribution >= 4 is 17.8 Å². The molecule has 1 fully saturated rings. The van der Waals surface area contributed by atoms with Crippen LogP contribution in [0.2, 0.25) is 0 Å². The first-order valence-electron chi connectivity index (χ1n) is 12.2. The van der Waals surface area contributed by atoms with Crippen LogP contribution in [0.4, 0.5) is 0 Å². The third-order valence-corrected chi connectivity index (χ3v) is 6.35. The second-order valence-electron chi connectivity index (χ2n) is 8.95. The zero-order valence-corrected chi connectivity index (χ0v) is 19.7. The fourth-order valence-corrected chi connectivity index (χ4v) is 4.37. The second-order valence-corrected chi connectivity index (χ2v) is 8.95. The highest BCUT2D eigenvalue weighted by Crippen LogP contribution is 2.32. The molecule has 1 saturated carbocycles. The predicted molar refractivity (Wildman–Crippen MR) is 132 cm³/mol. The van der Waals surface area contributed by atoms with Gasteiger partial charge in [0, 0.05) is 12.0 Å². The molecule has 1 aliphatic carbocycles. The number of ether oxygens (including phenoxy) is 2. The molecule has 0 radical (unpaired) electrons. The highest BCUT2D eigenvalue weighted by Gasteiger charge is 2.52. The molecule has 2 aromatic carbocycles. The van der Waals surface area contributed by atoms with Gasteiger partial charge in [-0.2, -0.15) is 5.26 Å². The SMILES string of the molecule is CCCCOC(=O)[C@@]1(Cc2ccc(C#N)cc2)N=C(c2ccccc2)OC1=NC1CCCCC1. The normalized spacial score (nSPS) is 21.5. The number of nitriles is 1. The summed E-state index contributed by atoms with van der Waals surface area (Å²) in [5.74, 6) is 0.270. The second kappa shape index (κ2) is 11.1. The first kappa shape index (κ1) is 23.7.